The topological polar surface area (TPSA) is 52.3 Å². The first-order chi connectivity index (χ1) is 15.5. The van der Waals surface area contributed by atoms with Gasteiger partial charge in [-0.3, -0.25) is 4.79 Å². The van der Waals surface area contributed by atoms with Crippen molar-refractivity contribution in [1.82, 2.24) is 0 Å². The Morgan fingerprint density at radius 2 is 1.85 bits per heavy atom. The molecule has 4 unspecified atom stereocenters. The zero-order valence-electron chi connectivity index (χ0n) is 22.4. The third kappa shape index (κ3) is 7.44. The molecular weight excluding hydrogens is 406 g/mol. The van der Waals surface area contributed by atoms with E-state index in [0.717, 1.165) is 57.8 Å². The minimum Gasteiger partial charge on any atom is -0.369 e. The fourth-order valence-electron chi connectivity index (χ4n) is 5.48. The lowest BCUT2D eigenvalue weighted by Crippen LogP contribution is -2.53. The Bertz CT molecular complexity index is 802. The number of allylic oxidation sites excluding steroid dienone is 6. The maximum atomic E-state index is 11.1. The van der Waals surface area contributed by atoms with Crippen molar-refractivity contribution in [2.45, 2.75) is 124 Å². The number of rotatable bonds is 12. The van der Waals surface area contributed by atoms with Crippen molar-refractivity contribution >= 4 is 5.91 Å². The highest BCUT2D eigenvalue weighted by molar-refractivity contribution is 5.76. The minimum absolute atomic E-state index is 0.0362. The summed E-state index contributed by atoms with van der Waals surface area (Å²) >= 11 is 0. The van der Waals surface area contributed by atoms with Gasteiger partial charge in [-0.05, 0) is 97.5 Å². The number of hydrogen-bond acceptors (Lipinski definition) is 2. The van der Waals surface area contributed by atoms with E-state index in [1.807, 2.05) is 6.92 Å². The normalized spacial score (nSPS) is 29.2. The molecule has 2 N–H and O–H groups in total. The van der Waals surface area contributed by atoms with Crippen molar-refractivity contribution in [3.05, 3.63) is 46.6 Å². The van der Waals surface area contributed by atoms with Gasteiger partial charge in [0.2, 0.25) is 5.91 Å². The minimum atomic E-state index is -0.198. The van der Waals surface area contributed by atoms with Crippen LogP contribution in [0.15, 0.2) is 46.6 Å². The average molecular weight is 456 g/mol. The van der Waals surface area contributed by atoms with Crippen LogP contribution in [0, 0.1) is 11.8 Å². The van der Waals surface area contributed by atoms with Crippen LogP contribution in [0.5, 0.6) is 0 Å². The molecule has 3 heteroatoms. The third-order valence-corrected chi connectivity index (χ3v) is 8.24. The van der Waals surface area contributed by atoms with E-state index in [4.69, 9.17) is 10.5 Å². The molecule has 2 rings (SSSR count). The van der Waals surface area contributed by atoms with Gasteiger partial charge in [0.25, 0.3) is 0 Å². The second-order valence-corrected chi connectivity index (χ2v) is 11.0. The first-order valence-corrected chi connectivity index (χ1v) is 13.2. The number of carbonyl (C=O) groups excluding carboxylic acids is 1. The fraction of sp³-hybridized carbons (Fsp3) is 0.700. The SMILES string of the molecule is CCC12OC(C)(CC/C=C(\C)CCC/C(C)=C/CCC(C)C(N)=O)CCC1=CC=C(C)C2C. The molecule has 3 nitrogen and oxygen atoms in total. The second-order valence-electron chi connectivity index (χ2n) is 11.0. The third-order valence-electron chi connectivity index (χ3n) is 8.24. The number of carbonyl (C=O) groups is 1. The Kier molecular flexibility index (Phi) is 10.2. The summed E-state index contributed by atoms with van der Waals surface area (Å²) in [4.78, 5) is 11.1. The second kappa shape index (κ2) is 12.2. The quantitative estimate of drug-likeness (QED) is 0.303. The van der Waals surface area contributed by atoms with Gasteiger partial charge in [-0.15, -0.1) is 0 Å². The summed E-state index contributed by atoms with van der Waals surface area (Å²) in [6.45, 7) is 15.6. The highest BCUT2D eigenvalue weighted by Gasteiger charge is 2.49. The summed E-state index contributed by atoms with van der Waals surface area (Å²) in [5, 5.41) is 0. The molecule has 1 fully saturated rings. The Labute approximate surface area is 203 Å². The summed E-state index contributed by atoms with van der Waals surface area (Å²) in [6, 6.07) is 0. The van der Waals surface area contributed by atoms with E-state index in [1.165, 1.54) is 28.7 Å². The van der Waals surface area contributed by atoms with Crippen LogP contribution in [0.3, 0.4) is 0 Å². The van der Waals surface area contributed by atoms with Crippen molar-refractivity contribution < 1.29 is 9.53 Å². The van der Waals surface area contributed by atoms with Crippen LogP contribution in [0.25, 0.3) is 0 Å². The van der Waals surface area contributed by atoms with E-state index in [0.29, 0.717) is 5.92 Å². The standard InChI is InChI=1S/C30H49NO2/c1-8-30-26(6)24(4)17-18-27(30)19-21-29(7,33-30)20-11-15-23(3)13-9-12-22(2)14-10-16-25(5)28(31)32/h14-15,17-18,25-26H,8-13,16,19-21H2,1-7H3,(H2,31,32)/b22-14+,23-15+. The molecule has 0 saturated carbocycles. The number of nitrogens with two attached hydrogens (primary N) is 1. The number of amides is 1. The molecular formula is C30H49NO2. The van der Waals surface area contributed by atoms with Gasteiger partial charge in [0.05, 0.1) is 11.2 Å². The Morgan fingerprint density at radius 3 is 2.45 bits per heavy atom. The van der Waals surface area contributed by atoms with E-state index in [1.54, 1.807) is 0 Å². The Morgan fingerprint density at radius 1 is 1.21 bits per heavy atom. The van der Waals surface area contributed by atoms with Gasteiger partial charge < -0.3 is 10.5 Å². The molecule has 1 saturated heterocycles. The van der Waals surface area contributed by atoms with E-state index < -0.39 is 0 Å². The van der Waals surface area contributed by atoms with Gasteiger partial charge in [-0.2, -0.15) is 0 Å². The molecule has 1 heterocycles. The predicted octanol–water partition coefficient (Wildman–Crippen LogP) is 7.97. The first kappa shape index (κ1) is 27.6. The van der Waals surface area contributed by atoms with Gasteiger partial charge in [-0.25, -0.2) is 0 Å². The van der Waals surface area contributed by atoms with Crippen molar-refractivity contribution in [2.75, 3.05) is 0 Å². The molecule has 1 amide bonds. The smallest absolute Gasteiger partial charge is 0.220 e. The Balaban J connectivity index is 1.79. The highest BCUT2D eigenvalue weighted by Crippen LogP contribution is 2.50. The molecule has 4 atom stereocenters. The van der Waals surface area contributed by atoms with E-state index in [2.05, 4.69) is 65.8 Å². The molecule has 0 aromatic rings. The molecule has 186 valence electrons. The molecule has 2 aliphatic rings. The van der Waals surface area contributed by atoms with Crippen LogP contribution < -0.4 is 5.73 Å². The molecule has 1 aliphatic heterocycles. The van der Waals surface area contributed by atoms with Gasteiger partial charge in [0, 0.05) is 11.8 Å². The first-order valence-electron chi connectivity index (χ1n) is 13.2. The van der Waals surface area contributed by atoms with Crippen LogP contribution in [0.1, 0.15) is 113 Å². The van der Waals surface area contributed by atoms with Gasteiger partial charge in [0.15, 0.2) is 0 Å². The van der Waals surface area contributed by atoms with E-state index in [-0.39, 0.29) is 23.0 Å². The summed E-state index contributed by atoms with van der Waals surface area (Å²) in [5.41, 5.74) is 11.0. The van der Waals surface area contributed by atoms with Gasteiger partial charge in [0.1, 0.15) is 0 Å². The van der Waals surface area contributed by atoms with Crippen LogP contribution in [0.2, 0.25) is 0 Å². The molecule has 0 radical (unpaired) electrons. The monoisotopic (exact) mass is 455 g/mol. The molecule has 0 bridgehead atoms. The number of hydrogen-bond donors (Lipinski definition) is 1. The summed E-state index contributed by atoms with van der Waals surface area (Å²) in [5.74, 6) is 0.219. The molecule has 0 aromatic carbocycles. The van der Waals surface area contributed by atoms with Crippen molar-refractivity contribution in [1.29, 1.82) is 0 Å². The molecule has 0 spiro atoms. The van der Waals surface area contributed by atoms with Gasteiger partial charge >= 0.3 is 0 Å². The Hall–Kier alpha value is -1.61. The summed E-state index contributed by atoms with van der Waals surface area (Å²) in [6.07, 6.45) is 20.1. The number of fused-ring (bicyclic) bond motifs is 1. The van der Waals surface area contributed by atoms with Crippen LogP contribution in [-0.4, -0.2) is 17.1 Å². The van der Waals surface area contributed by atoms with E-state index >= 15 is 0 Å². The lowest BCUT2D eigenvalue weighted by atomic mass is 9.68. The van der Waals surface area contributed by atoms with Crippen molar-refractivity contribution in [3.8, 4) is 0 Å². The molecule has 33 heavy (non-hydrogen) atoms. The van der Waals surface area contributed by atoms with E-state index in [9.17, 15) is 4.79 Å². The molecule has 0 aromatic heterocycles. The fourth-order valence-corrected chi connectivity index (χ4v) is 5.48. The summed E-state index contributed by atoms with van der Waals surface area (Å²) < 4.78 is 6.99. The number of primary amides is 1. The van der Waals surface area contributed by atoms with Gasteiger partial charge in [-0.1, -0.05) is 61.8 Å². The van der Waals surface area contributed by atoms with Crippen LogP contribution in [-0.2, 0) is 9.53 Å². The predicted molar refractivity (Wildman–Crippen MR) is 141 cm³/mol. The van der Waals surface area contributed by atoms with Crippen molar-refractivity contribution in [3.63, 3.8) is 0 Å². The zero-order chi connectivity index (χ0) is 24.6. The zero-order valence-corrected chi connectivity index (χ0v) is 22.4. The highest BCUT2D eigenvalue weighted by atomic mass is 16.5. The summed E-state index contributed by atoms with van der Waals surface area (Å²) in [7, 11) is 0. The lowest BCUT2D eigenvalue weighted by Gasteiger charge is -2.53. The maximum Gasteiger partial charge on any atom is 0.220 e. The molecule has 1 aliphatic carbocycles. The average Bonchev–Trinajstić information content (AvgIpc) is 2.76. The van der Waals surface area contributed by atoms with Crippen LogP contribution in [0.4, 0.5) is 0 Å². The maximum absolute atomic E-state index is 11.1. The lowest BCUT2D eigenvalue weighted by molar-refractivity contribution is -0.175. The van der Waals surface area contributed by atoms with Crippen molar-refractivity contribution in [2.24, 2.45) is 17.6 Å². The number of ether oxygens (including phenoxy) is 1. The van der Waals surface area contributed by atoms with Crippen LogP contribution >= 0.6 is 0 Å². The largest absolute Gasteiger partial charge is 0.369 e.